The summed E-state index contributed by atoms with van der Waals surface area (Å²) >= 11 is 3.28. The van der Waals surface area contributed by atoms with Crippen LogP contribution in [0.2, 0.25) is 0 Å². The van der Waals surface area contributed by atoms with Gasteiger partial charge in [0.05, 0.1) is 6.61 Å². The van der Waals surface area contributed by atoms with Gasteiger partial charge >= 0.3 is 5.77 Å². The molecule has 0 atom stereocenters. The van der Waals surface area contributed by atoms with Crippen LogP contribution in [-0.4, -0.2) is 18.1 Å². The first-order valence-electron chi connectivity index (χ1n) is 14.2. The minimum absolute atomic E-state index is 0.680. The van der Waals surface area contributed by atoms with E-state index in [0.717, 1.165) is 17.9 Å². The zero-order valence-corrected chi connectivity index (χ0v) is 24.6. The molecule has 0 rings (SSSR count). The van der Waals surface area contributed by atoms with Gasteiger partial charge in [0, 0.05) is 11.5 Å². The fourth-order valence-electron chi connectivity index (χ4n) is 3.82. The lowest BCUT2D eigenvalue weighted by molar-refractivity contribution is 0.321. The Morgan fingerprint density at radius 3 is 1.16 bits per heavy atom. The van der Waals surface area contributed by atoms with Gasteiger partial charge in [-0.2, -0.15) is 0 Å². The summed E-state index contributed by atoms with van der Waals surface area (Å²) in [4.78, 5) is 0. The van der Waals surface area contributed by atoms with E-state index in [1.54, 1.807) is 22.8 Å². The molecule has 0 aliphatic carbocycles. The molecule has 0 aromatic heterocycles. The fourth-order valence-corrected chi connectivity index (χ4v) is 10.8. The first kappa shape index (κ1) is 32.9. The summed E-state index contributed by atoms with van der Waals surface area (Å²) in [5.41, 5.74) is 0. The van der Waals surface area contributed by atoms with Gasteiger partial charge in [-0.1, -0.05) is 159 Å². The van der Waals surface area contributed by atoms with Gasteiger partial charge in [-0.05, 0) is 19.3 Å². The summed E-state index contributed by atoms with van der Waals surface area (Å²) in [6, 6.07) is 0. The molecule has 0 saturated heterocycles. The van der Waals surface area contributed by atoms with Crippen LogP contribution >= 0.6 is 28.5 Å². The quantitative estimate of drug-likeness (QED) is 0.0814. The molecule has 2 nitrogen and oxygen atoms in total. The molecule has 0 amide bonds. The first-order valence-corrected chi connectivity index (χ1v) is 19.0. The van der Waals surface area contributed by atoms with Crippen LogP contribution in [0.5, 0.6) is 0 Å². The molecule has 32 heavy (non-hydrogen) atoms. The van der Waals surface area contributed by atoms with Gasteiger partial charge in [-0.3, -0.25) is 4.57 Å². The lowest BCUT2D eigenvalue weighted by Gasteiger charge is -2.17. The van der Waals surface area contributed by atoms with Crippen LogP contribution in [0.3, 0.4) is 0 Å². The van der Waals surface area contributed by atoms with E-state index >= 15 is 0 Å². The molecule has 0 aliphatic rings. The molecule has 0 spiro atoms. The van der Waals surface area contributed by atoms with Crippen molar-refractivity contribution >= 4 is 28.5 Å². The zero-order chi connectivity index (χ0) is 23.6. The van der Waals surface area contributed by atoms with Crippen molar-refractivity contribution in [1.82, 2.24) is 0 Å². The standard InChI is InChI=1S/C27H57O2PS2/c1-4-7-10-13-16-19-22-25-29-30(28,31-26-23-20-17-14-11-8-5-2)32-27-24-21-18-15-12-9-6-3/h4-27H2,1-3H3. The average molecular weight is 509 g/mol. The Kier molecular flexibility index (Phi) is 27.2. The Bertz CT molecular complexity index is 350. The molecule has 0 radical (unpaired) electrons. The summed E-state index contributed by atoms with van der Waals surface area (Å²) in [5.74, 6) is -0.600. The maximum Gasteiger partial charge on any atom is 0.313 e. The van der Waals surface area contributed by atoms with E-state index in [-0.39, 0.29) is 0 Å². The van der Waals surface area contributed by atoms with Crippen molar-refractivity contribution in [1.29, 1.82) is 0 Å². The predicted molar refractivity (Wildman–Crippen MR) is 152 cm³/mol. The monoisotopic (exact) mass is 508 g/mol. The summed E-state index contributed by atoms with van der Waals surface area (Å²) in [7, 11) is 0. The lowest BCUT2D eigenvalue weighted by Crippen LogP contribution is -1.93. The van der Waals surface area contributed by atoms with E-state index in [1.807, 2.05) is 0 Å². The second-order valence-electron chi connectivity index (χ2n) is 9.31. The molecule has 194 valence electrons. The van der Waals surface area contributed by atoms with Gasteiger partial charge in [0.1, 0.15) is 0 Å². The summed E-state index contributed by atoms with van der Waals surface area (Å²) in [6.45, 7) is 7.48. The van der Waals surface area contributed by atoms with Crippen molar-refractivity contribution in [3.05, 3.63) is 0 Å². The molecule has 0 fully saturated rings. The first-order chi connectivity index (χ1) is 15.7. The predicted octanol–water partition coefficient (Wildman–Crippen LogP) is 11.8. The molecule has 5 heteroatoms. The largest absolute Gasteiger partial charge is 0.314 e. The second-order valence-corrected chi connectivity index (χ2v) is 16.9. The van der Waals surface area contributed by atoms with Crippen molar-refractivity contribution in [2.24, 2.45) is 0 Å². The molecule has 0 aliphatic heterocycles. The topological polar surface area (TPSA) is 26.3 Å². The van der Waals surface area contributed by atoms with E-state index < -0.39 is 5.77 Å². The zero-order valence-electron chi connectivity index (χ0n) is 22.1. The Labute approximate surface area is 210 Å². The minimum Gasteiger partial charge on any atom is -0.314 e. The lowest BCUT2D eigenvalue weighted by atomic mass is 10.1. The molecule has 0 N–H and O–H groups in total. The van der Waals surface area contributed by atoms with Gasteiger partial charge in [0.15, 0.2) is 0 Å². The van der Waals surface area contributed by atoms with E-state index in [4.69, 9.17) is 4.52 Å². The number of hydrogen-bond acceptors (Lipinski definition) is 4. The number of unbranched alkanes of at least 4 members (excludes halogenated alkanes) is 18. The van der Waals surface area contributed by atoms with Crippen molar-refractivity contribution in [2.75, 3.05) is 18.1 Å². The van der Waals surface area contributed by atoms with Crippen LogP contribution in [0.4, 0.5) is 0 Å². The highest BCUT2D eigenvalue weighted by Crippen LogP contribution is 2.70. The van der Waals surface area contributed by atoms with E-state index in [9.17, 15) is 4.57 Å². The van der Waals surface area contributed by atoms with Crippen molar-refractivity contribution in [3.8, 4) is 0 Å². The van der Waals surface area contributed by atoms with Gasteiger partial charge in [-0.25, -0.2) is 0 Å². The molecule has 0 heterocycles. The third kappa shape index (κ3) is 24.0. The molecular formula is C27H57O2PS2. The summed E-state index contributed by atoms with van der Waals surface area (Å²) in [6.07, 6.45) is 27.3. The van der Waals surface area contributed by atoms with Gasteiger partial charge in [0.25, 0.3) is 0 Å². The smallest absolute Gasteiger partial charge is 0.313 e. The van der Waals surface area contributed by atoms with Crippen molar-refractivity contribution in [2.45, 2.75) is 156 Å². The Morgan fingerprint density at radius 2 is 0.781 bits per heavy atom. The minimum atomic E-state index is -2.58. The van der Waals surface area contributed by atoms with Crippen LogP contribution in [0, 0.1) is 0 Å². The van der Waals surface area contributed by atoms with Gasteiger partial charge < -0.3 is 4.52 Å². The van der Waals surface area contributed by atoms with Crippen LogP contribution in [0.15, 0.2) is 0 Å². The SMILES string of the molecule is CCCCCCCCCOP(=O)(SCCCCCCCCC)SCCCCCCCCC. The van der Waals surface area contributed by atoms with E-state index in [1.165, 1.54) is 128 Å². The van der Waals surface area contributed by atoms with E-state index in [2.05, 4.69) is 20.8 Å². The molecule has 0 aromatic rings. The molecule has 0 unspecified atom stereocenters. The summed E-state index contributed by atoms with van der Waals surface area (Å²) in [5, 5.41) is 0. The second kappa shape index (κ2) is 26.5. The van der Waals surface area contributed by atoms with Crippen LogP contribution in [0.25, 0.3) is 0 Å². The average Bonchev–Trinajstić information content (AvgIpc) is 2.79. The maximum atomic E-state index is 13.4. The van der Waals surface area contributed by atoms with E-state index in [0.29, 0.717) is 6.61 Å². The highest BCUT2D eigenvalue weighted by atomic mass is 33.1. The third-order valence-corrected chi connectivity index (χ3v) is 13.6. The highest BCUT2D eigenvalue weighted by molar-refractivity contribution is 8.89. The summed E-state index contributed by atoms with van der Waals surface area (Å²) < 4.78 is 19.5. The third-order valence-electron chi connectivity index (χ3n) is 5.99. The normalized spacial score (nSPS) is 12.0. The van der Waals surface area contributed by atoms with Crippen molar-refractivity contribution in [3.63, 3.8) is 0 Å². The Hall–Kier alpha value is 0.890. The van der Waals surface area contributed by atoms with Crippen LogP contribution in [0.1, 0.15) is 156 Å². The van der Waals surface area contributed by atoms with Crippen LogP contribution < -0.4 is 0 Å². The highest BCUT2D eigenvalue weighted by Gasteiger charge is 2.24. The molecular weight excluding hydrogens is 451 g/mol. The fraction of sp³-hybridized carbons (Fsp3) is 1.00. The van der Waals surface area contributed by atoms with Crippen LogP contribution in [-0.2, 0) is 9.09 Å². The Balaban J connectivity index is 4.06. The number of rotatable bonds is 27. The van der Waals surface area contributed by atoms with Gasteiger partial charge in [-0.15, -0.1) is 0 Å². The molecule has 0 saturated carbocycles. The maximum absolute atomic E-state index is 13.4. The number of hydrogen-bond donors (Lipinski definition) is 0. The molecule has 0 aromatic carbocycles. The Morgan fingerprint density at radius 1 is 0.469 bits per heavy atom. The van der Waals surface area contributed by atoms with Crippen molar-refractivity contribution < 1.29 is 9.09 Å². The molecule has 0 bridgehead atoms. The van der Waals surface area contributed by atoms with Gasteiger partial charge in [0.2, 0.25) is 0 Å².